The third kappa shape index (κ3) is 3.88. The Morgan fingerprint density at radius 1 is 1.40 bits per heavy atom. The van der Waals surface area contributed by atoms with Crippen LogP contribution >= 0.6 is 11.3 Å². The molecule has 0 radical (unpaired) electrons. The summed E-state index contributed by atoms with van der Waals surface area (Å²) in [4.78, 5) is 28.4. The van der Waals surface area contributed by atoms with Crippen LogP contribution in [0.2, 0.25) is 0 Å². The number of fused-ring (bicyclic) bond motifs is 1. The molecule has 152 valence electrons. The topological polar surface area (TPSA) is 124 Å². The van der Waals surface area contributed by atoms with Crippen LogP contribution in [0.15, 0.2) is 24.0 Å². The van der Waals surface area contributed by atoms with E-state index in [9.17, 15) is 14.9 Å². The number of allylic oxidation sites excluding steroid dienone is 1. The van der Waals surface area contributed by atoms with Gasteiger partial charge >= 0.3 is 6.03 Å². The van der Waals surface area contributed by atoms with E-state index in [-0.39, 0.29) is 0 Å². The molecule has 10 heteroatoms. The van der Waals surface area contributed by atoms with E-state index in [2.05, 4.69) is 21.8 Å². The summed E-state index contributed by atoms with van der Waals surface area (Å²) in [7, 11) is 0. The molecule has 1 aliphatic rings. The lowest BCUT2D eigenvalue weighted by Gasteiger charge is -2.14. The minimum atomic E-state index is -0.613. The number of hydrogen-bond donors (Lipinski definition) is 3. The van der Waals surface area contributed by atoms with Gasteiger partial charge in [0.1, 0.15) is 16.8 Å². The van der Waals surface area contributed by atoms with E-state index in [0.717, 1.165) is 40.4 Å². The Morgan fingerprint density at radius 2 is 2.20 bits per heavy atom. The fraction of sp³-hybridized carbons (Fsp3) is 0.250. The van der Waals surface area contributed by atoms with Crippen LogP contribution in [0.25, 0.3) is 22.3 Å². The summed E-state index contributed by atoms with van der Waals surface area (Å²) >= 11 is 1.39. The molecule has 0 saturated heterocycles. The second kappa shape index (κ2) is 7.96. The summed E-state index contributed by atoms with van der Waals surface area (Å²) in [6, 6.07) is 5.66. The molecule has 0 unspecified atom stereocenters. The molecule has 0 atom stereocenters. The summed E-state index contributed by atoms with van der Waals surface area (Å²) in [5, 5.41) is 21.8. The van der Waals surface area contributed by atoms with E-state index in [0.29, 0.717) is 28.7 Å². The Bertz CT molecular complexity index is 1210. The van der Waals surface area contributed by atoms with Crippen molar-refractivity contribution in [3.63, 3.8) is 0 Å². The monoisotopic (exact) mass is 421 g/mol. The van der Waals surface area contributed by atoms with Crippen LogP contribution in [-0.2, 0) is 4.79 Å². The molecule has 3 aromatic heterocycles. The van der Waals surface area contributed by atoms with E-state index in [4.69, 9.17) is 4.98 Å². The largest absolute Gasteiger partial charge is 0.367 e. The first-order valence-corrected chi connectivity index (χ1v) is 10.2. The number of imide groups is 1. The van der Waals surface area contributed by atoms with Gasteiger partial charge in [-0.2, -0.15) is 14.9 Å². The molecule has 0 aliphatic heterocycles. The van der Waals surface area contributed by atoms with Gasteiger partial charge in [-0.05, 0) is 44.9 Å². The highest BCUT2D eigenvalue weighted by atomic mass is 32.1. The number of nitrogens with zero attached hydrogens (tertiary/aromatic N) is 4. The molecule has 3 aromatic rings. The maximum absolute atomic E-state index is 11.6. The molecular weight excluding hydrogens is 402 g/mol. The second-order valence-electron chi connectivity index (χ2n) is 7.01. The van der Waals surface area contributed by atoms with Gasteiger partial charge < -0.3 is 10.6 Å². The quantitative estimate of drug-likeness (QED) is 0.526. The van der Waals surface area contributed by atoms with Crippen LogP contribution in [0.3, 0.4) is 0 Å². The van der Waals surface area contributed by atoms with Gasteiger partial charge in [0.15, 0.2) is 5.65 Å². The van der Waals surface area contributed by atoms with E-state index in [1.54, 1.807) is 29.8 Å². The molecule has 1 fully saturated rings. The lowest BCUT2D eigenvalue weighted by Crippen LogP contribution is -2.33. The molecule has 1 aliphatic carbocycles. The Kier molecular flexibility index (Phi) is 5.20. The molecule has 3 heterocycles. The highest BCUT2D eigenvalue weighted by Gasteiger charge is 2.25. The van der Waals surface area contributed by atoms with Crippen LogP contribution in [0.5, 0.6) is 0 Å². The molecule has 0 spiro atoms. The van der Waals surface area contributed by atoms with E-state index < -0.39 is 6.03 Å². The zero-order valence-corrected chi connectivity index (χ0v) is 17.2. The van der Waals surface area contributed by atoms with Gasteiger partial charge in [0.05, 0.1) is 16.8 Å². The van der Waals surface area contributed by atoms with Crippen LogP contribution < -0.4 is 16.0 Å². The smallest absolute Gasteiger partial charge is 0.325 e. The predicted molar refractivity (Wildman–Crippen MR) is 114 cm³/mol. The number of urea groups is 1. The number of nitriles is 1. The molecule has 9 nitrogen and oxygen atoms in total. The van der Waals surface area contributed by atoms with Crippen molar-refractivity contribution in [3.05, 3.63) is 40.0 Å². The van der Waals surface area contributed by atoms with Gasteiger partial charge in [0, 0.05) is 22.9 Å². The molecule has 3 N–H and O–H groups in total. The fourth-order valence-corrected chi connectivity index (χ4v) is 3.94. The molecule has 1 saturated carbocycles. The van der Waals surface area contributed by atoms with Gasteiger partial charge in [-0.3, -0.25) is 10.1 Å². The third-order valence-electron chi connectivity index (χ3n) is 4.65. The number of carbonyl (C=O) groups excluding carboxylic acids is 2. The number of anilines is 1. The highest BCUT2D eigenvalue weighted by Crippen LogP contribution is 2.35. The summed E-state index contributed by atoms with van der Waals surface area (Å²) in [6.07, 6.45) is 5.97. The first-order valence-electron chi connectivity index (χ1n) is 9.34. The second-order valence-corrected chi connectivity index (χ2v) is 8.09. The van der Waals surface area contributed by atoms with E-state index in [1.807, 2.05) is 18.3 Å². The van der Waals surface area contributed by atoms with Gasteiger partial charge in [0.25, 0.3) is 0 Å². The first-order chi connectivity index (χ1) is 14.5. The third-order valence-corrected chi connectivity index (χ3v) is 5.65. The van der Waals surface area contributed by atoms with Gasteiger partial charge in [-0.1, -0.05) is 0 Å². The lowest BCUT2D eigenvalue weighted by molar-refractivity contribution is -0.108. The zero-order chi connectivity index (χ0) is 21.3. The van der Waals surface area contributed by atoms with E-state index in [1.165, 1.54) is 11.3 Å². The SMILES string of the molecule is C/C(=C/c1cnn2c(NC3CC3)c(C)c(-c3ccc(C#N)s3)nc12)NC(=O)NC=O. The van der Waals surface area contributed by atoms with Gasteiger partial charge in [0.2, 0.25) is 6.41 Å². The Balaban J connectivity index is 1.81. The van der Waals surface area contributed by atoms with Crippen molar-refractivity contribution in [1.29, 1.82) is 5.26 Å². The minimum Gasteiger partial charge on any atom is -0.367 e. The van der Waals surface area contributed by atoms with Crippen molar-refractivity contribution >= 4 is 41.3 Å². The van der Waals surface area contributed by atoms with Crippen molar-refractivity contribution in [2.45, 2.75) is 32.7 Å². The number of rotatable bonds is 6. The van der Waals surface area contributed by atoms with Crippen LogP contribution in [0.4, 0.5) is 10.6 Å². The first kappa shape index (κ1) is 19.6. The summed E-state index contributed by atoms with van der Waals surface area (Å²) in [6.45, 7) is 3.71. The summed E-state index contributed by atoms with van der Waals surface area (Å²) in [5.41, 5.74) is 3.63. The minimum absolute atomic E-state index is 0.320. The normalized spacial score (nSPS) is 13.7. The predicted octanol–water partition coefficient (Wildman–Crippen LogP) is 3.03. The molecule has 4 rings (SSSR count). The fourth-order valence-electron chi connectivity index (χ4n) is 3.09. The highest BCUT2D eigenvalue weighted by molar-refractivity contribution is 7.16. The molecule has 30 heavy (non-hydrogen) atoms. The van der Waals surface area contributed by atoms with Crippen LogP contribution in [0, 0.1) is 18.3 Å². The zero-order valence-electron chi connectivity index (χ0n) is 16.4. The number of carbonyl (C=O) groups is 2. The number of nitrogens with one attached hydrogen (secondary N) is 3. The molecule has 0 bridgehead atoms. The number of thiophene rings is 1. The summed E-state index contributed by atoms with van der Waals surface area (Å²) < 4.78 is 1.76. The van der Waals surface area contributed by atoms with E-state index >= 15 is 0 Å². The Hall–Kier alpha value is -3.71. The molecule has 3 amide bonds. The Morgan fingerprint density at radius 3 is 2.87 bits per heavy atom. The van der Waals surface area contributed by atoms with Crippen LogP contribution in [-0.4, -0.2) is 33.1 Å². The van der Waals surface area contributed by atoms with Crippen molar-refractivity contribution < 1.29 is 9.59 Å². The summed E-state index contributed by atoms with van der Waals surface area (Å²) in [5.74, 6) is 0.869. The van der Waals surface area contributed by atoms with Crippen molar-refractivity contribution in [3.8, 4) is 16.6 Å². The number of aromatic nitrogens is 3. The van der Waals surface area contributed by atoms with Gasteiger partial charge in [-0.15, -0.1) is 11.3 Å². The molecule has 0 aromatic carbocycles. The number of amides is 3. The Labute approximate surface area is 176 Å². The van der Waals surface area contributed by atoms with Crippen molar-refractivity contribution in [2.24, 2.45) is 0 Å². The van der Waals surface area contributed by atoms with Crippen molar-refractivity contribution in [2.75, 3.05) is 5.32 Å². The maximum Gasteiger partial charge on any atom is 0.325 e. The van der Waals surface area contributed by atoms with Crippen LogP contribution in [0.1, 0.15) is 35.8 Å². The lowest BCUT2D eigenvalue weighted by atomic mass is 10.2. The average Bonchev–Trinajstić information content (AvgIpc) is 3.25. The number of hydrogen-bond acceptors (Lipinski definition) is 7. The maximum atomic E-state index is 11.6. The standard InChI is InChI=1S/C20H19N7O2S/c1-11(24-20(29)22-10-28)7-13-9-23-27-18(25-14-3-4-14)12(2)17(26-19(13)27)16-6-5-15(8-21)30-16/h5-7,9-10,14,25H,3-4H2,1-2H3,(H2,22,24,28,29)/b11-7-. The average molecular weight is 421 g/mol. The molecular formula is C20H19N7O2S. The van der Waals surface area contributed by atoms with Gasteiger partial charge in [-0.25, -0.2) is 9.78 Å². The van der Waals surface area contributed by atoms with Crippen molar-refractivity contribution in [1.82, 2.24) is 25.2 Å².